The molecule has 11 aromatic carbocycles. The van der Waals surface area contributed by atoms with E-state index in [4.69, 9.17) is 17.7 Å². The first-order valence-corrected chi connectivity index (χ1v) is 25.6. The minimum absolute atomic E-state index is 0.429. The van der Waals surface area contributed by atoms with Gasteiger partial charge in [-0.3, -0.25) is 0 Å². The molecule has 0 radical (unpaired) electrons. The third-order valence-electron chi connectivity index (χ3n) is 15.3. The summed E-state index contributed by atoms with van der Waals surface area (Å²) in [5, 5.41) is 13.0. The number of anilines is 6. The molecule has 0 aliphatic rings. The highest BCUT2D eigenvalue weighted by Crippen LogP contribution is 2.46. The number of furan rings is 4. The summed E-state index contributed by atoms with van der Waals surface area (Å²) in [6, 6.07) is 73.9. The van der Waals surface area contributed by atoms with Gasteiger partial charge in [0.15, 0.2) is 0 Å². The van der Waals surface area contributed by atoms with Crippen LogP contribution in [0.1, 0.15) is 50.7 Å². The van der Waals surface area contributed by atoms with Gasteiger partial charge in [-0.1, -0.05) is 100 Å². The van der Waals surface area contributed by atoms with Crippen molar-refractivity contribution in [1.82, 2.24) is 0 Å². The van der Waals surface area contributed by atoms with E-state index in [0.29, 0.717) is 11.8 Å². The number of fused-ring (bicyclic) bond motifs is 15. The van der Waals surface area contributed by atoms with Crippen molar-refractivity contribution in [3.05, 3.63) is 217 Å². The van der Waals surface area contributed by atoms with Gasteiger partial charge < -0.3 is 27.5 Å². The molecule has 6 nitrogen and oxygen atoms in total. The molecule has 0 saturated carbocycles. The first-order chi connectivity index (χ1) is 36.3. The van der Waals surface area contributed by atoms with Crippen molar-refractivity contribution >= 4 is 143 Å². The predicted molar refractivity (Wildman–Crippen MR) is 308 cm³/mol. The highest BCUT2D eigenvalue weighted by Gasteiger charge is 2.22. The van der Waals surface area contributed by atoms with Crippen LogP contribution in [0.2, 0.25) is 0 Å². The Kier molecular flexibility index (Phi) is 9.24. The first-order valence-electron chi connectivity index (χ1n) is 25.6. The Bertz CT molecular complexity index is 4740. The molecular weight excluding hydrogens is 909 g/mol. The van der Waals surface area contributed by atoms with Crippen LogP contribution in [-0.4, -0.2) is 0 Å². The molecule has 15 rings (SSSR count). The van der Waals surface area contributed by atoms with E-state index in [0.717, 1.165) is 143 Å². The molecule has 0 saturated heterocycles. The van der Waals surface area contributed by atoms with E-state index in [1.165, 1.54) is 11.1 Å². The molecule has 74 heavy (non-hydrogen) atoms. The van der Waals surface area contributed by atoms with Gasteiger partial charge >= 0.3 is 0 Å². The van der Waals surface area contributed by atoms with Gasteiger partial charge in [0.1, 0.15) is 44.7 Å². The zero-order valence-corrected chi connectivity index (χ0v) is 41.3. The summed E-state index contributed by atoms with van der Waals surface area (Å²) < 4.78 is 26.5. The minimum atomic E-state index is 0.429. The SMILES string of the molecule is CC(C)c1ccc(N(c2ccc3cc4c(cc3c2)oc2c4ccc3oc4cc5cc(N(c6ccc(C(C)C)cc6)c6ccc7c(c6)oc6ccccc67)ccc5cc4c32)c2ccc3c(c2)oc2ccccc23)cc1. The van der Waals surface area contributed by atoms with E-state index in [-0.39, 0.29) is 0 Å². The van der Waals surface area contributed by atoms with Crippen LogP contribution in [0.4, 0.5) is 34.1 Å². The van der Waals surface area contributed by atoms with Crippen LogP contribution in [0, 0.1) is 0 Å². The number of para-hydroxylation sites is 2. The van der Waals surface area contributed by atoms with Crippen LogP contribution < -0.4 is 9.80 Å². The molecule has 4 heterocycles. The van der Waals surface area contributed by atoms with E-state index in [1.54, 1.807) is 0 Å². The fourth-order valence-electron chi connectivity index (χ4n) is 11.5. The highest BCUT2D eigenvalue weighted by atomic mass is 16.3. The second-order valence-electron chi connectivity index (χ2n) is 20.5. The predicted octanol–water partition coefficient (Wildman–Crippen LogP) is 20.8. The molecule has 6 heteroatoms. The maximum atomic E-state index is 6.96. The lowest BCUT2D eigenvalue weighted by molar-refractivity contribution is 0.663. The van der Waals surface area contributed by atoms with Crippen molar-refractivity contribution < 1.29 is 17.7 Å². The molecule has 0 N–H and O–H groups in total. The summed E-state index contributed by atoms with van der Waals surface area (Å²) >= 11 is 0. The Hall–Kier alpha value is -9.26. The standard InChI is InChI=1S/C68H48N2O4/c1-39(2)41-13-19-47(20-14-41)69(51-25-27-55-53-9-5-7-11-60(53)71-65(55)37-51)49-23-17-43-33-58-57-29-30-62-67(68(57)74-63(58)35-45(43)31-49)59-34-44-18-24-50(32-46(44)36-64(59)73-62)70(48-21-15-42(16-22-48)40(3)4)52-26-28-56-54-10-6-8-12-61(54)72-66(56)38-52/h5-40H,1-4H3. The van der Waals surface area contributed by atoms with E-state index in [2.05, 4.69) is 219 Å². The second-order valence-corrected chi connectivity index (χ2v) is 20.5. The van der Waals surface area contributed by atoms with Gasteiger partial charge in [-0.05, 0) is 166 Å². The van der Waals surface area contributed by atoms with Gasteiger partial charge in [0.2, 0.25) is 0 Å². The molecule has 0 bridgehead atoms. The number of hydrogen-bond acceptors (Lipinski definition) is 6. The molecule has 0 fully saturated rings. The number of rotatable bonds is 8. The fraction of sp³-hybridized carbons (Fsp3) is 0.0882. The van der Waals surface area contributed by atoms with E-state index >= 15 is 0 Å². The maximum Gasteiger partial charge on any atom is 0.147 e. The average Bonchev–Trinajstić information content (AvgIpc) is 4.19. The van der Waals surface area contributed by atoms with E-state index in [1.807, 2.05) is 24.3 Å². The van der Waals surface area contributed by atoms with Crippen molar-refractivity contribution in [3.8, 4) is 0 Å². The number of benzene rings is 11. The van der Waals surface area contributed by atoms with Crippen LogP contribution in [0.15, 0.2) is 224 Å². The largest absolute Gasteiger partial charge is 0.456 e. The summed E-state index contributed by atoms with van der Waals surface area (Å²) in [4.78, 5) is 4.63. The van der Waals surface area contributed by atoms with E-state index in [9.17, 15) is 0 Å². The first kappa shape index (κ1) is 42.4. The van der Waals surface area contributed by atoms with Crippen molar-refractivity contribution in [3.63, 3.8) is 0 Å². The fourth-order valence-corrected chi connectivity index (χ4v) is 11.5. The third-order valence-corrected chi connectivity index (χ3v) is 15.3. The van der Waals surface area contributed by atoms with Crippen LogP contribution in [-0.2, 0) is 0 Å². The Labute approximate surface area is 425 Å². The molecule has 0 amide bonds. The maximum absolute atomic E-state index is 6.96. The van der Waals surface area contributed by atoms with Gasteiger partial charge in [0.25, 0.3) is 0 Å². The van der Waals surface area contributed by atoms with Crippen molar-refractivity contribution in [2.24, 2.45) is 0 Å². The summed E-state index contributed by atoms with van der Waals surface area (Å²) in [5.74, 6) is 0.857. The Morgan fingerprint density at radius 1 is 0.270 bits per heavy atom. The summed E-state index contributed by atoms with van der Waals surface area (Å²) in [5.41, 5.74) is 15.6. The van der Waals surface area contributed by atoms with Gasteiger partial charge in [-0.2, -0.15) is 0 Å². The molecule has 354 valence electrons. The second kappa shape index (κ2) is 16.1. The Morgan fingerprint density at radius 2 is 0.676 bits per heavy atom. The lowest BCUT2D eigenvalue weighted by Crippen LogP contribution is -2.10. The molecule has 0 spiro atoms. The highest BCUT2D eigenvalue weighted by molar-refractivity contribution is 6.24. The van der Waals surface area contributed by atoms with Gasteiger partial charge in [-0.15, -0.1) is 0 Å². The Morgan fingerprint density at radius 3 is 1.20 bits per heavy atom. The van der Waals surface area contributed by atoms with Gasteiger partial charge in [0.05, 0.1) is 5.39 Å². The van der Waals surface area contributed by atoms with Crippen LogP contribution in [0.3, 0.4) is 0 Å². The van der Waals surface area contributed by atoms with Crippen LogP contribution in [0.25, 0.3) is 109 Å². The molecule has 0 atom stereocenters. The number of hydrogen-bond donors (Lipinski definition) is 0. The lowest BCUT2D eigenvalue weighted by Gasteiger charge is -2.26. The van der Waals surface area contributed by atoms with Crippen molar-refractivity contribution in [2.45, 2.75) is 39.5 Å². The average molecular weight is 957 g/mol. The molecule has 15 aromatic rings. The van der Waals surface area contributed by atoms with Crippen LogP contribution >= 0.6 is 0 Å². The van der Waals surface area contributed by atoms with Crippen LogP contribution in [0.5, 0.6) is 0 Å². The summed E-state index contributed by atoms with van der Waals surface area (Å²) in [6.45, 7) is 8.93. The topological polar surface area (TPSA) is 59.0 Å². The minimum Gasteiger partial charge on any atom is -0.456 e. The van der Waals surface area contributed by atoms with E-state index < -0.39 is 0 Å². The monoisotopic (exact) mass is 956 g/mol. The van der Waals surface area contributed by atoms with Crippen molar-refractivity contribution in [2.75, 3.05) is 9.80 Å². The molecule has 0 unspecified atom stereocenters. The molecule has 0 aliphatic carbocycles. The third kappa shape index (κ3) is 6.64. The van der Waals surface area contributed by atoms with Gasteiger partial charge in [0, 0.05) is 84.0 Å². The summed E-state index contributed by atoms with van der Waals surface area (Å²) in [7, 11) is 0. The zero-order chi connectivity index (χ0) is 49.3. The normalized spacial score (nSPS) is 12.3. The quantitative estimate of drug-likeness (QED) is 0.151. The number of nitrogens with zero attached hydrogens (tertiary/aromatic N) is 2. The Balaban J connectivity index is 0.835. The van der Waals surface area contributed by atoms with Gasteiger partial charge in [-0.25, -0.2) is 0 Å². The molecular formula is C68H48N2O4. The zero-order valence-electron chi connectivity index (χ0n) is 41.3. The summed E-state index contributed by atoms with van der Waals surface area (Å²) in [6.07, 6.45) is 0. The smallest absolute Gasteiger partial charge is 0.147 e. The molecule has 4 aromatic heterocycles. The van der Waals surface area contributed by atoms with Crippen molar-refractivity contribution in [1.29, 1.82) is 0 Å². The lowest BCUT2D eigenvalue weighted by atomic mass is 10.0. The molecule has 0 aliphatic heterocycles.